The molecule has 7 nitrogen and oxygen atoms in total. The Labute approximate surface area is 139 Å². The molecule has 2 heterocycles. The van der Waals surface area contributed by atoms with Crippen LogP contribution in [-0.2, 0) is 37.0 Å². The fraction of sp³-hybridized carbons (Fsp3) is 0.375. The lowest BCUT2D eigenvalue weighted by Gasteiger charge is -2.22. The Morgan fingerprint density at radius 2 is 1.88 bits per heavy atom. The predicted molar refractivity (Wildman–Crippen MR) is 91.0 cm³/mol. The van der Waals surface area contributed by atoms with E-state index in [4.69, 9.17) is 0 Å². The minimum Gasteiger partial charge on any atom is -0.302 e. The van der Waals surface area contributed by atoms with E-state index in [1.54, 1.807) is 0 Å². The maximum Gasteiger partial charge on any atom is 0.330 e. The van der Waals surface area contributed by atoms with Gasteiger partial charge in [0.25, 0.3) is 15.6 Å². The summed E-state index contributed by atoms with van der Waals surface area (Å²) in [7, 11) is -1.33. The van der Waals surface area contributed by atoms with Crippen molar-refractivity contribution in [3.63, 3.8) is 0 Å². The van der Waals surface area contributed by atoms with Crippen molar-refractivity contribution < 1.29 is 8.42 Å². The third-order valence-corrected chi connectivity index (χ3v) is 6.18. The number of rotatable bonds is 3. The number of para-hydroxylation sites is 1. The van der Waals surface area contributed by atoms with Crippen LogP contribution in [0.3, 0.4) is 0 Å². The molecule has 1 aliphatic rings. The van der Waals surface area contributed by atoms with E-state index in [0.29, 0.717) is 25.1 Å². The molecule has 1 aromatic heterocycles. The zero-order valence-electron chi connectivity index (χ0n) is 13.8. The first-order valence-electron chi connectivity index (χ1n) is 7.69. The molecule has 8 heteroatoms. The van der Waals surface area contributed by atoms with Crippen LogP contribution in [0, 0.1) is 0 Å². The predicted octanol–water partition coefficient (Wildman–Crippen LogP) is 0.398. The van der Waals surface area contributed by atoms with Crippen molar-refractivity contribution in [1.82, 2.24) is 9.13 Å². The van der Waals surface area contributed by atoms with Gasteiger partial charge in [-0.1, -0.05) is 25.1 Å². The monoisotopic (exact) mass is 349 g/mol. The van der Waals surface area contributed by atoms with Crippen LogP contribution in [0.2, 0.25) is 0 Å². The van der Waals surface area contributed by atoms with Crippen molar-refractivity contribution >= 4 is 15.7 Å². The van der Waals surface area contributed by atoms with Crippen LogP contribution in [0.5, 0.6) is 0 Å². The fourth-order valence-corrected chi connectivity index (χ4v) is 4.79. The molecule has 3 rings (SSSR count). The summed E-state index contributed by atoms with van der Waals surface area (Å²) in [6, 6.07) is 5.72. The van der Waals surface area contributed by atoms with E-state index in [9.17, 15) is 18.0 Å². The molecule has 2 aromatic rings. The van der Waals surface area contributed by atoms with Crippen molar-refractivity contribution in [3.8, 4) is 0 Å². The number of sulfonamides is 1. The Balaban J connectivity index is 2.24. The number of anilines is 1. The average Bonchev–Trinajstić information content (AvgIpc) is 3.00. The van der Waals surface area contributed by atoms with Gasteiger partial charge in [-0.05, 0) is 24.0 Å². The zero-order valence-corrected chi connectivity index (χ0v) is 14.6. The normalized spacial score (nSPS) is 14.0. The van der Waals surface area contributed by atoms with Crippen molar-refractivity contribution in [3.05, 3.63) is 56.4 Å². The van der Waals surface area contributed by atoms with Gasteiger partial charge in [-0.3, -0.25) is 13.7 Å². The smallest absolute Gasteiger partial charge is 0.302 e. The van der Waals surface area contributed by atoms with E-state index in [1.807, 2.05) is 25.1 Å². The summed E-state index contributed by atoms with van der Waals surface area (Å²) in [5, 5.41) is 0. The van der Waals surface area contributed by atoms with E-state index in [0.717, 1.165) is 26.5 Å². The molecular weight excluding hydrogens is 330 g/mol. The van der Waals surface area contributed by atoms with Gasteiger partial charge >= 0.3 is 5.69 Å². The number of nitrogens with zero attached hydrogens (tertiary/aromatic N) is 3. The van der Waals surface area contributed by atoms with Crippen molar-refractivity contribution in [2.75, 3.05) is 10.8 Å². The van der Waals surface area contributed by atoms with E-state index in [2.05, 4.69) is 0 Å². The first-order chi connectivity index (χ1) is 11.3. The van der Waals surface area contributed by atoms with E-state index in [1.165, 1.54) is 18.4 Å². The van der Waals surface area contributed by atoms with Crippen LogP contribution in [0.1, 0.15) is 18.1 Å². The molecule has 128 valence electrons. The second kappa shape index (κ2) is 5.62. The minimum absolute atomic E-state index is 0.292. The molecule has 0 saturated heterocycles. The Morgan fingerprint density at radius 1 is 1.17 bits per heavy atom. The average molecular weight is 349 g/mol. The van der Waals surface area contributed by atoms with Gasteiger partial charge in [0.15, 0.2) is 4.90 Å². The first-order valence-corrected chi connectivity index (χ1v) is 9.13. The van der Waals surface area contributed by atoms with E-state index < -0.39 is 21.3 Å². The number of hydrogen-bond acceptors (Lipinski definition) is 4. The van der Waals surface area contributed by atoms with Gasteiger partial charge in [0.2, 0.25) is 0 Å². The highest BCUT2D eigenvalue weighted by atomic mass is 32.2. The number of benzene rings is 1. The van der Waals surface area contributed by atoms with Crippen LogP contribution in [0.25, 0.3) is 0 Å². The minimum atomic E-state index is -4.04. The summed E-state index contributed by atoms with van der Waals surface area (Å²) >= 11 is 0. The first kappa shape index (κ1) is 16.5. The van der Waals surface area contributed by atoms with Gasteiger partial charge < -0.3 is 4.57 Å². The highest BCUT2D eigenvalue weighted by Gasteiger charge is 2.34. The van der Waals surface area contributed by atoms with Gasteiger partial charge in [-0.15, -0.1) is 0 Å². The van der Waals surface area contributed by atoms with Gasteiger partial charge in [0.05, 0.1) is 5.69 Å². The summed E-state index contributed by atoms with van der Waals surface area (Å²) in [4.78, 5) is 23.8. The molecule has 0 saturated carbocycles. The van der Waals surface area contributed by atoms with Crippen molar-refractivity contribution in [1.29, 1.82) is 0 Å². The topological polar surface area (TPSA) is 81.4 Å². The summed E-state index contributed by atoms with van der Waals surface area (Å²) in [6.45, 7) is 2.25. The molecule has 0 unspecified atom stereocenters. The third kappa shape index (κ3) is 2.29. The Morgan fingerprint density at radius 3 is 2.54 bits per heavy atom. The molecule has 24 heavy (non-hydrogen) atoms. The van der Waals surface area contributed by atoms with Gasteiger partial charge in [0, 0.05) is 26.8 Å². The lowest BCUT2D eigenvalue weighted by Crippen LogP contribution is -2.42. The molecule has 0 aliphatic carbocycles. The third-order valence-electron chi connectivity index (χ3n) is 4.40. The lowest BCUT2D eigenvalue weighted by atomic mass is 10.1. The Kier molecular flexibility index (Phi) is 3.87. The maximum absolute atomic E-state index is 13.1. The molecule has 0 amide bonds. The number of aryl methyl sites for hydroxylation is 2. The van der Waals surface area contributed by atoms with Crippen LogP contribution < -0.4 is 15.6 Å². The largest absolute Gasteiger partial charge is 0.330 e. The summed E-state index contributed by atoms with van der Waals surface area (Å²) < 4.78 is 29.4. The lowest BCUT2D eigenvalue weighted by molar-refractivity contribution is 0.581. The molecule has 0 bridgehead atoms. The highest BCUT2D eigenvalue weighted by Crippen LogP contribution is 2.35. The quantitative estimate of drug-likeness (QED) is 0.803. The molecule has 0 fully saturated rings. The molecule has 0 radical (unpaired) electrons. The summed E-state index contributed by atoms with van der Waals surface area (Å²) in [5.74, 6) is 0. The summed E-state index contributed by atoms with van der Waals surface area (Å²) in [5.41, 5.74) is 1.18. The number of hydrogen-bond donors (Lipinski definition) is 0. The molecule has 1 aliphatic heterocycles. The molecule has 0 atom stereocenters. The molecule has 0 spiro atoms. The van der Waals surface area contributed by atoms with E-state index >= 15 is 0 Å². The highest BCUT2D eigenvalue weighted by molar-refractivity contribution is 7.92. The summed E-state index contributed by atoms with van der Waals surface area (Å²) in [6.07, 6.45) is 2.40. The van der Waals surface area contributed by atoms with Gasteiger partial charge in [-0.2, -0.15) is 0 Å². The van der Waals surface area contributed by atoms with Crippen LogP contribution in [0.15, 0.2) is 38.9 Å². The van der Waals surface area contributed by atoms with Crippen molar-refractivity contribution in [2.24, 2.45) is 14.1 Å². The molecular formula is C16H19N3O4S. The molecule has 0 N–H and O–H groups in total. The van der Waals surface area contributed by atoms with Crippen LogP contribution in [-0.4, -0.2) is 24.1 Å². The fourth-order valence-electron chi connectivity index (χ4n) is 3.10. The SMILES string of the molecule is CCc1cccc2c1N(S(=O)(=O)c1cn(C)c(=O)n(C)c1=O)CC2. The van der Waals surface area contributed by atoms with Crippen molar-refractivity contribution in [2.45, 2.75) is 24.7 Å². The van der Waals surface area contributed by atoms with E-state index in [-0.39, 0.29) is 4.90 Å². The van der Waals surface area contributed by atoms with Crippen LogP contribution in [0.4, 0.5) is 5.69 Å². The molecule has 1 aromatic carbocycles. The Bertz CT molecular complexity index is 1030. The second-order valence-corrected chi connectivity index (χ2v) is 7.69. The maximum atomic E-state index is 13.1. The van der Waals surface area contributed by atoms with Gasteiger partial charge in [-0.25, -0.2) is 13.2 Å². The zero-order chi connectivity index (χ0) is 17.6. The standard InChI is InChI=1S/C16H19N3O4S/c1-4-11-6-5-7-12-8-9-19(14(11)12)24(22,23)13-10-17(2)16(21)18(3)15(13)20/h5-7,10H,4,8-9H2,1-3H3. The van der Waals surface area contributed by atoms with Gasteiger partial charge in [0.1, 0.15) is 0 Å². The Hall–Kier alpha value is -2.35. The number of fused-ring (bicyclic) bond motifs is 1. The van der Waals surface area contributed by atoms with Crippen LogP contribution >= 0.6 is 0 Å². The second-order valence-electron chi connectivity index (χ2n) is 5.86. The number of aromatic nitrogens is 2.